The molecule has 0 saturated heterocycles. The third-order valence-electron chi connectivity index (χ3n) is 1.34. The zero-order chi connectivity index (χ0) is 12.3. The normalized spacial score (nSPS) is 14.3. The quantitative estimate of drug-likeness (QED) is 0.589. The van der Waals surface area contributed by atoms with Crippen LogP contribution in [0.1, 0.15) is 26.7 Å². The van der Waals surface area contributed by atoms with Gasteiger partial charge < -0.3 is 0 Å². The largest absolute Gasteiger partial charge is 0.408 e. The summed E-state index contributed by atoms with van der Waals surface area (Å²) in [5.74, 6) is 0. The maximum absolute atomic E-state index is 11.6. The topological polar surface area (TPSA) is 61.5 Å². The van der Waals surface area contributed by atoms with Crippen LogP contribution in [-0.4, -0.2) is 9.04 Å². The molecule has 15 heavy (non-hydrogen) atoms. The molecule has 9 heteroatoms. The fourth-order valence-corrected chi connectivity index (χ4v) is 2.71. The Morgan fingerprint density at radius 1 is 1.07 bits per heavy atom. The molecule has 0 aliphatic rings. The Kier molecular flexibility index (Phi) is 6.23. The van der Waals surface area contributed by atoms with Crippen LogP contribution in [0.4, 0.5) is 0 Å². The highest BCUT2D eigenvalue weighted by atomic mass is 35.5. The Labute approximate surface area is 109 Å². The lowest BCUT2D eigenvalue weighted by Gasteiger charge is -2.26. The van der Waals surface area contributed by atoms with E-state index >= 15 is 0 Å². The molecule has 0 unspecified atom stereocenters. The molecule has 0 aromatic heterocycles. The average Bonchev–Trinajstić information content (AvgIpc) is 2.00. The van der Waals surface area contributed by atoms with Crippen molar-refractivity contribution in [1.29, 1.82) is 0 Å². The van der Waals surface area contributed by atoms with Gasteiger partial charge in [0.15, 0.2) is 0 Å². The number of hydrogen-bond acceptors (Lipinski definition) is 3. The standard InChI is InChI=1S/C6H12Cl4NO3P/c1-3-5(7,8)13-15(11,12)14-6(9,10)4-2/h3-4H2,1-2H3,(H2,11,12). The maximum Gasteiger partial charge on any atom is 0.408 e. The molecule has 0 radical (unpaired) electrons. The second kappa shape index (κ2) is 5.74. The van der Waals surface area contributed by atoms with E-state index in [0.29, 0.717) is 0 Å². The minimum Gasteiger partial charge on any atom is -0.259 e. The maximum atomic E-state index is 11.6. The van der Waals surface area contributed by atoms with Crippen LogP contribution in [0.3, 0.4) is 0 Å². The van der Waals surface area contributed by atoms with E-state index in [0.717, 1.165) is 0 Å². The van der Waals surface area contributed by atoms with Crippen molar-refractivity contribution in [3.8, 4) is 0 Å². The van der Waals surface area contributed by atoms with Gasteiger partial charge in [-0.3, -0.25) is 9.05 Å². The third-order valence-corrected chi connectivity index (χ3v) is 4.29. The molecular formula is C6H12Cl4NO3P. The van der Waals surface area contributed by atoms with Crippen LogP contribution >= 0.6 is 54.2 Å². The van der Waals surface area contributed by atoms with Gasteiger partial charge in [-0.2, -0.15) is 0 Å². The first-order chi connectivity index (χ1) is 6.54. The van der Waals surface area contributed by atoms with Gasteiger partial charge in [0.25, 0.3) is 0 Å². The average molecular weight is 319 g/mol. The van der Waals surface area contributed by atoms with E-state index in [9.17, 15) is 4.57 Å². The van der Waals surface area contributed by atoms with Gasteiger partial charge in [-0.15, -0.1) is 0 Å². The first kappa shape index (κ1) is 16.3. The fraction of sp³-hybridized carbons (Fsp3) is 1.00. The third kappa shape index (κ3) is 7.24. The van der Waals surface area contributed by atoms with Crippen molar-refractivity contribution in [2.24, 2.45) is 5.50 Å². The van der Waals surface area contributed by atoms with Crippen LogP contribution in [0.25, 0.3) is 0 Å². The van der Waals surface area contributed by atoms with Gasteiger partial charge in [0.05, 0.1) is 0 Å². The first-order valence-electron chi connectivity index (χ1n) is 4.09. The summed E-state index contributed by atoms with van der Waals surface area (Å²) in [6, 6.07) is 0. The number of nitrogens with two attached hydrogens (primary N) is 1. The highest BCUT2D eigenvalue weighted by Gasteiger charge is 2.39. The summed E-state index contributed by atoms with van der Waals surface area (Å²) in [7, 11) is -4.00. The summed E-state index contributed by atoms with van der Waals surface area (Å²) in [6.07, 6.45) is 0.342. The molecule has 0 fully saturated rings. The minimum atomic E-state index is -4.00. The molecule has 92 valence electrons. The van der Waals surface area contributed by atoms with Crippen LogP contribution in [-0.2, 0) is 13.6 Å². The van der Waals surface area contributed by atoms with Crippen molar-refractivity contribution in [2.45, 2.75) is 35.7 Å². The number of rotatable bonds is 6. The second-order valence-corrected chi connectivity index (χ2v) is 6.98. The molecule has 4 nitrogen and oxygen atoms in total. The van der Waals surface area contributed by atoms with Crippen LogP contribution in [0, 0.1) is 0 Å². The molecule has 0 atom stereocenters. The lowest BCUT2D eigenvalue weighted by atomic mass is 10.5. The van der Waals surface area contributed by atoms with Gasteiger partial charge in [-0.1, -0.05) is 60.3 Å². The number of halogens is 4. The van der Waals surface area contributed by atoms with Gasteiger partial charge in [0, 0.05) is 12.8 Å². The van der Waals surface area contributed by atoms with Gasteiger partial charge in [-0.05, 0) is 0 Å². The first-order valence-corrected chi connectivity index (χ1v) is 7.22. The van der Waals surface area contributed by atoms with Crippen molar-refractivity contribution in [1.82, 2.24) is 0 Å². The smallest absolute Gasteiger partial charge is 0.259 e. The lowest BCUT2D eigenvalue weighted by molar-refractivity contribution is 0.139. The Morgan fingerprint density at radius 3 is 1.53 bits per heavy atom. The summed E-state index contributed by atoms with van der Waals surface area (Å²) in [5, 5.41) is 0. The van der Waals surface area contributed by atoms with Crippen molar-refractivity contribution in [2.75, 3.05) is 0 Å². The Balaban J connectivity index is 4.51. The molecule has 0 aromatic rings. The van der Waals surface area contributed by atoms with Gasteiger partial charge in [0.1, 0.15) is 0 Å². The van der Waals surface area contributed by atoms with E-state index in [1.54, 1.807) is 13.8 Å². The molecule has 0 aromatic carbocycles. The van der Waals surface area contributed by atoms with E-state index in [4.69, 9.17) is 51.9 Å². The monoisotopic (exact) mass is 317 g/mol. The van der Waals surface area contributed by atoms with Crippen molar-refractivity contribution >= 4 is 54.2 Å². The summed E-state index contributed by atoms with van der Waals surface area (Å²) < 4.78 is 17.5. The highest BCUT2D eigenvalue weighted by molar-refractivity contribution is 7.51. The van der Waals surface area contributed by atoms with Gasteiger partial charge >= 0.3 is 7.75 Å². The molecule has 0 aliphatic carbocycles. The summed E-state index contributed by atoms with van der Waals surface area (Å²) in [5.41, 5.74) is 5.21. The predicted molar refractivity (Wildman–Crippen MR) is 63.4 cm³/mol. The van der Waals surface area contributed by atoms with E-state index in [1.807, 2.05) is 0 Å². The van der Waals surface area contributed by atoms with Gasteiger partial charge in [-0.25, -0.2) is 10.1 Å². The van der Waals surface area contributed by atoms with Crippen LogP contribution in [0.5, 0.6) is 0 Å². The Morgan fingerprint density at radius 2 is 1.33 bits per heavy atom. The van der Waals surface area contributed by atoms with Crippen molar-refractivity contribution in [3.63, 3.8) is 0 Å². The molecule has 0 amide bonds. The van der Waals surface area contributed by atoms with E-state index in [-0.39, 0.29) is 12.8 Å². The van der Waals surface area contributed by atoms with E-state index in [2.05, 4.69) is 9.05 Å². The molecule has 0 rings (SSSR count). The van der Waals surface area contributed by atoms with E-state index in [1.165, 1.54) is 0 Å². The van der Waals surface area contributed by atoms with Crippen LogP contribution in [0.15, 0.2) is 0 Å². The van der Waals surface area contributed by atoms with E-state index < -0.39 is 16.8 Å². The molecule has 0 heterocycles. The Bertz CT molecular complexity index is 239. The summed E-state index contributed by atoms with van der Waals surface area (Å²) in [4.78, 5) is 0. The molecule has 0 bridgehead atoms. The molecule has 0 spiro atoms. The van der Waals surface area contributed by atoms with Gasteiger partial charge in [0.2, 0.25) is 9.04 Å². The van der Waals surface area contributed by atoms with Crippen LogP contribution < -0.4 is 5.50 Å². The molecule has 0 saturated carbocycles. The number of alkyl halides is 4. The molecular weight excluding hydrogens is 307 g/mol. The summed E-state index contributed by atoms with van der Waals surface area (Å²) in [6.45, 7) is 3.24. The van der Waals surface area contributed by atoms with Crippen molar-refractivity contribution in [3.05, 3.63) is 0 Å². The zero-order valence-corrected chi connectivity index (χ0v) is 12.1. The summed E-state index contributed by atoms with van der Waals surface area (Å²) >= 11 is 22.4. The fourth-order valence-electron chi connectivity index (χ4n) is 0.520. The van der Waals surface area contributed by atoms with Crippen molar-refractivity contribution < 1.29 is 13.6 Å². The Hall–Kier alpha value is 1.27. The SMILES string of the molecule is CCC(Cl)(Cl)OP(N)(=O)OC(Cl)(Cl)CC. The minimum absolute atomic E-state index is 0.171. The number of hydrogen-bond donors (Lipinski definition) is 1. The predicted octanol–water partition coefficient (Wildman–Crippen LogP) is 4.17. The lowest BCUT2D eigenvalue weighted by Crippen LogP contribution is -2.24. The zero-order valence-electron chi connectivity index (χ0n) is 8.18. The second-order valence-electron chi connectivity index (χ2n) is 2.70. The van der Waals surface area contributed by atoms with Crippen LogP contribution in [0.2, 0.25) is 0 Å². The molecule has 0 aliphatic heterocycles. The highest BCUT2D eigenvalue weighted by Crippen LogP contribution is 2.53. The molecule has 2 N–H and O–H groups in total.